The lowest BCUT2D eigenvalue weighted by atomic mass is 10.3. The summed E-state index contributed by atoms with van der Waals surface area (Å²) < 4.78 is 3.38. The van der Waals surface area contributed by atoms with Crippen LogP contribution in [0.1, 0.15) is 0 Å². The molecule has 0 fully saturated rings. The predicted octanol–water partition coefficient (Wildman–Crippen LogP) is 3.97. The lowest BCUT2D eigenvalue weighted by molar-refractivity contribution is 0.491. The number of thiophene rings is 1. The Bertz CT molecular complexity index is 438. The van der Waals surface area contributed by atoms with Crippen LogP contribution in [0.25, 0.3) is 10.1 Å². The maximum Gasteiger partial charge on any atom is 0.172 e. The second-order valence-electron chi connectivity index (χ2n) is 2.36. The smallest absolute Gasteiger partial charge is 0.172 e. The molecule has 1 heterocycles. The first kappa shape index (κ1) is 8.77. The lowest BCUT2D eigenvalue weighted by Crippen LogP contribution is -1.72. The van der Waals surface area contributed by atoms with Crippen LogP contribution in [-0.2, 0) is 0 Å². The van der Waals surface area contributed by atoms with E-state index in [-0.39, 0.29) is 0 Å². The van der Waals surface area contributed by atoms with E-state index in [4.69, 9.17) is 0 Å². The number of hydrogen-bond acceptors (Lipinski definition) is 2. The Labute approximate surface area is 95.7 Å². The Morgan fingerprint density at radius 2 is 2.17 bits per heavy atom. The first-order valence-corrected chi connectivity index (χ1v) is 5.94. The highest BCUT2D eigenvalue weighted by Gasteiger charge is 2.06. The number of halogens is 2. The molecule has 2 aromatic rings. The Balaban J connectivity index is 2.89. The van der Waals surface area contributed by atoms with Crippen molar-refractivity contribution >= 4 is 59.9 Å². The van der Waals surface area contributed by atoms with E-state index in [1.165, 1.54) is 11.3 Å². The van der Waals surface area contributed by atoms with Crippen LogP contribution in [0.3, 0.4) is 0 Å². The molecule has 0 aliphatic rings. The first-order chi connectivity index (χ1) is 5.68. The van der Waals surface area contributed by atoms with Crippen LogP contribution in [0.15, 0.2) is 22.7 Å². The standard InChI is InChI=1S/C8H4BrIOS/c9-5-2-1-4-3-6(11)12-8(4)7(5)10/h1-3,11H. The van der Waals surface area contributed by atoms with Crippen molar-refractivity contribution < 1.29 is 5.11 Å². The van der Waals surface area contributed by atoms with Crippen molar-refractivity contribution in [1.29, 1.82) is 0 Å². The van der Waals surface area contributed by atoms with E-state index in [0.29, 0.717) is 5.06 Å². The molecule has 4 heteroatoms. The van der Waals surface area contributed by atoms with Gasteiger partial charge < -0.3 is 5.11 Å². The van der Waals surface area contributed by atoms with E-state index in [1.54, 1.807) is 6.07 Å². The maximum absolute atomic E-state index is 9.27. The topological polar surface area (TPSA) is 20.2 Å². The second-order valence-corrected chi connectivity index (χ2v) is 5.33. The highest BCUT2D eigenvalue weighted by Crippen LogP contribution is 2.36. The van der Waals surface area contributed by atoms with E-state index in [1.807, 2.05) is 12.1 Å². The van der Waals surface area contributed by atoms with E-state index >= 15 is 0 Å². The van der Waals surface area contributed by atoms with Crippen LogP contribution in [-0.4, -0.2) is 5.11 Å². The van der Waals surface area contributed by atoms with Gasteiger partial charge in [0.25, 0.3) is 0 Å². The summed E-state index contributed by atoms with van der Waals surface area (Å²) in [5, 5.41) is 10.7. The van der Waals surface area contributed by atoms with Crippen molar-refractivity contribution in [3.05, 3.63) is 26.2 Å². The first-order valence-electron chi connectivity index (χ1n) is 3.25. The van der Waals surface area contributed by atoms with Crippen LogP contribution in [0, 0.1) is 3.57 Å². The summed E-state index contributed by atoms with van der Waals surface area (Å²) in [5.41, 5.74) is 0. The Morgan fingerprint density at radius 1 is 1.42 bits per heavy atom. The number of fused-ring (bicyclic) bond motifs is 1. The molecule has 0 atom stereocenters. The zero-order chi connectivity index (χ0) is 8.72. The minimum atomic E-state index is 0.376. The Morgan fingerprint density at radius 3 is 2.92 bits per heavy atom. The van der Waals surface area contributed by atoms with E-state index in [2.05, 4.69) is 38.5 Å². The number of rotatable bonds is 0. The van der Waals surface area contributed by atoms with Gasteiger partial charge in [-0.15, -0.1) is 0 Å². The van der Waals surface area contributed by atoms with Gasteiger partial charge in [0.1, 0.15) is 0 Å². The SMILES string of the molecule is Oc1cc2ccc(Br)c(I)c2s1. The van der Waals surface area contributed by atoms with Gasteiger partial charge in [0.15, 0.2) is 5.06 Å². The van der Waals surface area contributed by atoms with Gasteiger partial charge >= 0.3 is 0 Å². The van der Waals surface area contributed by atoms with E-state index < -0.39 is 0 Å². The zero-order valence-corrected chi connectivity index (χ0v) is 10.4. The van der Waals surface area contributed by atoms with Crippen molar-refractivity contribution in [3.63, 3.8) is 0 Å². The summed E-state index contributed by atoms with van der Waals surface area (Å²) in [6, 6.07) is 5.78. The molecule has 0 bridgehead atoms. The quantitative estimate of drug-likeness (QED) is 0.709. The van der Waals surface area contributed by atoms with Crippen LogP contribution < -0.4 is 0 Å². The summed E-state index contributed by atoms with van der Waals surface area (Å²) in [7, 11) is 0. The minimum absolute atomic E-state index is 0.376. The van der Waals surface area contributed by atoms with Gasteiger partial charge in [0.2, 0.25) is 0 Å². The summed E-state index contributed by atoms with van der Waals surface area (Å²) in [5.74, 6) is 0. The molecular formula is C8H4BrIOS. The summed E-state index contributed by atoms with van der Waals surface area (Å²) in [6.07, 6.45) is 0. The third kappa shape index (κ3) is 1.36. The van der Waals surface area contributed by atoms with Crippen LogP contribution in [0.4, 0.5) is 0 Å². The minimum Gasteiger partial charge on any atom is -0.499 e. The highest BCUT2D eigenvalue weighted by atomic mass is 127. The molecule has 1 aromatic carbocycles. The summed E-state index contributed by atoms with van der Waals surface area (Å²) >= 11 is 7.12. The van der Waals surface area contributed by atoms with Crippen LogP contribution >= 0.6 is 49.9 Å². The molecule has 0 amide bonds. The van der Waals surface area contributed by atoms with Gasteiger partial charge in [-0.05, 0) is 56.0 Å². The van der Waals surface area contributed by atoms with E-state index in [0.717, 1.165) is 18.1 Å². The molecule has 0 aliphatic carbocycles. The van der Waals surface area contributed by atoms with Gasteiger partial charge in [0, 0.05) is 8.04 Å². The molecule has 1 N–H and O–H groups in total. The molecule has 0 aliphatic heterocycles. The van der Waals surface area contributed by atoms with E-state index in [9.17, 15) is 5.11 Å². The normalized spacial score (nSPS) is 10.8. The van der Waals surface area contributed by atoms with Crippen LogP contribution in [0.5, 0.6) is 5.06 Å². The molecule has 1 nitrogen and oxygen atoms in total. The van der Waals surface area contributed by atoms with Crippen molar-refractivity contribution in [2.75, 3.05) is 0 Å². The maximum atomic E-state index is 9.27. The molecule has 0 spiro atoms. The monoisotopic (exact) mass is 354 g/mol. The summed E-state index contributed by atoms with van der Waals surface area (Å²) in [4.78, 5) is 0. The molecule has 0 saturated carbocycles. The van der Waals surface area contributed by atoms with Gasteiger partial charge in [-0.2, -0.15) is 0 Å². The van der Waals surface area contributed by atoms with Gasteiger partial charge in [0.05, 0.1) is 4.70 Å². The molecule has 62 valence electrons. The molecule has 0 unspecified atom stereocenters. The third-order valence-electron chi connectivity index (χ3n) is 1.57. The van der Waals surface area contributed by atoms with Gasteiger partial charge in [-0.3, -0.25) is 0 Å². The fraction of sp³-hybridized carbons (Fsp3) is 0. The van der Waals surface area contributed by atoms with Gasteiger partial charge in [-0.1, -0.05) is 17.4 Å². The summed E-state index contributed by atoms with van der Waals surface area (Å²) in [6.45, 7) is 0. The molecule has 2 rings (SSSR count). The fourth-order valence-electron chi connectivity index (χ4n) is 1.03. The Kier molecular flexibility index (Phi) is 2.31. The zero-order valence-electron chi connectivity index (χ0n) is 5.84. The van der Waals surface area contributed by atoms with Crippen LogP contribution in [0.2, 0.25) is 0 Å². The Hall–Kier alpha value is 0.190. The number of hydrogen-bond donors (Lipinski definition) is 1. The molecule has 0 saturated heterocycles. The predicted molar refractivity (Wildman–Crippen MR) is 63.9 cm³/mol. The molecule has 12 heavy (non-hydrogen) atoms. The van der Waals surface area contributed by atoms with Crippen molar-refractivity contribution in [2.24, 2.45) is 0 Å². The fourth-order valence-corrected chi connectivity index (χ4v) is 3.15. The van der Waals surface area contributed by atoms with Crippen molar-refractivity contribution in [1.82, 2.24) is 0 Å². The average molecular weight is 355 g/mol. The second kappa shape index (κ2) is 3.16. The molecule has 1 aromatic heterocycles. The molecular weight excluding hydrogens is 351 g/mol. The van der Waals surface area contributed by atoms with Gasteiger partial charge in [-0.25, -0.2) is 0 Å². The highest BCUT2D eigenvalue weighted by molar-refractivity contribution is 14.1. The molecule has 0 radical (unpaired) electrons. The number of aromatic hydroxyl groups is 1. The largest absolute Gasteiger partial charge is 0.499 e. The van der Waals surface area contributed by atoms with Crippen molar-refractivity contribution in [3.8, 4) is 5.06 Å². The lowest BCUT2D eigenvalue weighted by Gasteiger charge is -1.95. The average Bonchev–Trinajstić information content (AvgIpc) is 2.39. The number of benzene rings is 1. The third-order valence-corrected chi connectivity index (χ3v) is 5.43. The van der Waals surface area contributed by atoms with Crippen molar-refractivity contribution in [2.45, 2.75) is 0 Å².